The number of halogens is 1. The van der Waals surface area contributed by atoms with Gasteiger partial charge >= 0.3 is 0 Å². The highest BCUT2D eigenvalue weighted by Gasteiger charge is 2.39. The van der Waals surface area contributed by atoms with E-state index in [0.29, 0.717) is 22.4 Å². The Balaban J connectivity index is 1.38. The number of hydrogen-bond donors (Lipinski definition) is 2. The van der Waals surface area contributed by atoms with E-state index in [9.17, 15) is 4.79 Å². The van der Waals surface area contributed by atoms with Gasteiger partial charge in [0.25, 0.3) is 5.91 Å². The molecule has 0 spiro atoms. The molecule has 1 aliphatic carbocycles. The van der Waals surface area contributed by atoms with Crippen molar-refractivity contribution >= 4 is 28.8 Å². The maximum Gasteiger partial charge on any atom is 0.251 e. The van der Waals surface area contributed by atoms with Crippen LogP contribution >= 0.6 is 22.9 Å². The summed E-state index contributed by atoms with van der Waals surface area (Å²) in [5.74, 6) is 1.40. The van der Waals surface area contributed by atoms with Gasteiger partial charge in [0, 0.05) is 29.1 Å². The van der Waals surface area contributed by atoms with E-state index in [2.05, 4.69) is 10.6 Å². The minimum atomic E-state index is -0.0185. The van der Waals surface area contributed by atoms with Gasteiger partial charge in [-0.25, -0.2) is 0 Å². The van der Waals surface area contributed by atoms with Gasteiger partial charge in [-0.15, -0.1) is 11.3 Å². The van der Waals surface area contributed by atoms with Crippen LogP contribution in [0.1, 0.15) is 23.2 Å². The Bertz CT molecular complexity index is 716. The van der Waals surface area contributed by atoms with Crippen molar-refractivity contribution in [3.8, 4) is 10.8 Å². The van der Waals surface area contributed by atoms with E-state index in [1.807, 2.05) is 17.5 Å². The summed E-state index contributed by atoms with van der Waals surface area (Å²) >= 11 is 7.32. The molecule has 1 amide bonds. The zero-order chi connectivity index (χ0) is 15.8. The molecule has 1 aliphatic heterocycles. The number of piperidine rings is 1. The Morgan fingerprint density at radius 3 is 2.74 bits per heavy atom. The number of carbonyl (C=O) groups excluding carboxylic acids is 1. The topological polar surface area (TPSA) is 50.4 Å². The Hall–Kier alpha value is -1.56. The highest BCUT2D eigenvalue weighted by atomic mass is 35.5. The number of carbonyl (C=O) groups is 1. The molecule has 1 saturated carbocycles. The summed E-state index contributed by atoms with van der Waals surface area (Å²) in [4.78, 5) is 12.4. The Labute approximate surface area is 143 Å². The Kier molecular flexibility index (Phi) is 4.01. The normalized spacial score (nSPS) is 25.5. The van der Waals surface area contributed by atoms with Crippen LogP contribution in [0.3, 0.4) is 0 Å². The average molecular weight is 349 g/mol. The summed E-state index contributed by atoms with van der Waals surface area (Å²) in [6, 6.07) is 9.67. The fourth-order valence-electron chi connectivity index (χ4n) is 3.40. The molecule has 2 bridgehead atoms. The molecule has 2 fully saturated rings. The summed E-state index contributed by atoms with van der Waals surface area (Å²) in [6.07, 6.45) is 2.27. The highest BCUT2D eigenvalue weighted by molar-refractivity contribution is 7.12. The summed E-state index contributed by atoms with van der Waals surface area (Å²) in [7, 11) is 0. The van der Waals surface area contributed by atoms with Crippen LogP contribution in [-0.4, -0.2) is 24.5 Å². The first-order valence-corrected chi connectivity index (χ1v) is 8.99. The molecule has 1 aromatic heterocycles. The van der Waals surface area contributed by atoms with Gasteiger partial charge in [-0.05, 0) is 49.6 Å². The van der Waals surface area contributed by atoms with Gasteiger partial charge in [-0.1, -0.05) is 11.6 Å². The van der Waals surface area contributed by atoms with Gasteiger partial charge in [0.2, 0.25) is 0 Å². The van der Waals surface area contributed by atoms with Crippen molar-refractivity contribution in [3.63, 3.8) is 0 Å². The molecule has 2 aromatic rings. The number of ether oxygens (including phenoxy) is 1. The maximum atomic E-state index is 12.4. The Morgan fingerprint density at radius 2 is 2.13 bits per heavy atom. The van der Waals surface area contributed by atoms with E-state index in [-0.39, 0.29) is 11.9 Å². The second kappa shape index (κ2) is 6.15. The molecule has 1 saturated heterocycles. The lowest BCUT2D eigenvalue weighted by Crippen LogP contribution is -2.47. The van der Waals surface area contributed by atoms with Crippen LogP contribution in [-0.2, 0) is 0 Å². The van der Waals surface area contributed by atoms with Crippen molar-refractivity contribution in [1.29, 1.82) is 0 Å². The monoisotopic (exact) mass is 348 g/mol. The molecule has 3 unspecified atom stereocenters. The summed E-state index contributed by atoms with van der Waals surface area (Å²) in [6.45, 7) is 1.09. The number of fused-ring (bicyclic) bond motifs is 2. The molecular formula is C17H17ClN2O2S. The van der Waals surface area contributed by atoms with Gasteiger partial charge < -0.3 is 15.4 Å². The zero-order valence-electron chi connectivity index (χ0n) is 12.4. The van der Waals surface area contributed by atoms with Crippen LogP contribution in [0.5, 0.6) is 10.8 Å². The third-order valence-corrected chi connectivity index (χ3v) is 5.68. The number of rotatable bonds is 4. The summed E-state index contributed by atoms with van der Waals surface area (Å²) < 4.78 is 5.70. The standard InChI is InChI=1S/C17H17ClN2O2S/c18-12-7-16(23-9-12)22-13-3-1-11(2-4-13)17(21)20-15-6-10-5-14(15)19-8-10/h1-4,7,9-10,14-15,19H,5-6,8H2,(H,20,21). The molecule has 2 aliphatic rings. The number of hydrogen-bond acceptors (Lipinski definition) is 4. The third-order valence-electron chi connectivity index (χ3n) is 4.52. The van der Waals surface area contributed by atoms with Crippen molar-refractivity contribution in [2.24, 2.45) is 5.92 Å². The largest absolute Gasteiger partial charge is 0.447 e. The quantitative estimate of drug-likeness (QED) is 0.886. The van der Waals surface area contributed by atoms with Crippen molar-refractivity contribution in [1.82, 2.24) is 10.6 Å². The van der Waals surface area contributed by atoms with Gasteiger partial charge in [0.1, 0.15) is 5.75 Å². The Morgan fingerprint density at radius 1 is 1.30 bits per heavy atom. The smallest absolute Gasteiger partial charge is 0.251 e. The molecule has 1 aromatic carbocycles. The number of amides is 1. The lowest BCUT2D eigenvalue weighted by molar-refractivity contribution is 0.0928. The van der Waals surface area contributed by atoms with E-state index in [1.54, 1.807) is 18.2 Å². The first-order chi connectivity index (χ1) is 11.2. The fraction of sp³-hybridized carbons (Fsp3) is 0.353. The van der Waals surface area contributed by atoms with Gasteiger partial charge in [-0.3, -0.25) is 4.79 Å². The van der Waals surface area contributed by atoms with Crippen LogP contribution in [0, 0.1) is 5.92 Å². The second-order valence-electron chi connectivity index (χ2n) is 6.14. The molecule has 6 heteroatoms. The lowest BCUT2D eigenvalue weighted by Gasteiger charge is -2.24. The van der Waals surface area contributed by atoms with E-state index in [0.717, 1.165) is 23.9 Å². The maximum absolute atomic E-state index is 12.4. The summed E-state index contributed by atoms with van der Waals surface area (Å²) in [5.41, 5.74) is 0.657. The first kappa shape index (κ1) is 15.0. The van der Waals surface area contributed by atoms with Crippen LogP contribution in [0.2, 0.25) is 5.02 Å². The second-order valence-corrected chi connectivity index (χ2v) is 7.45. The van der Waals surface area contributed by atoms with Gasteiger partial charge in [0.05, 0.1) is 5.02 Å². The fourth-order valence-corrected chi connectivity index (χ4v) is 4.34. The van der Waals surface area contributed by atoms with Crippen LogP contribution < -0.4 is 15.4 Å². The molecule has 120 valence electrons. The number of nitrogens with one attached hydrogen (secondary N) is 2. The lowest BCUT2D eigenvalue weighted by atomic mass is 10.1. The van der Waals surface area contributed by atoms with Crippen molar-refractivity contribution in [2.75, 3.05) is 6.54 Å². The van der Waals surface area contributed by atoms with Crippen LogP contribution in [0.4, 0.5) is 0 Å². The number of benzene rings is 1. The SMILES string of the molecule is O=C(NC1CC2CNC1C2)c1ccc(Oc2cc(Cl)cs2)cc1. The predicted molar refractivity (Wildman–Crippen MR) is 91.6 cm³/mol. The van der Waals surface area contributed by atoms with Gasteiger partial charge in [0.15, 0.2) is 5.06 Å². The molecule has 4 rings (SSSR count). The molecule has 2 N–H and O–H groups in total. The zero-order valence-corrected chi connectivity index (χ0v) is 14.0. The molecular weight excluding hydrogens is 332 g/mol. The number of thiophene rings is 1. The van der Waals surface area contributed by atoms with Crippen molar-refractivity contribution in [2.45, 2.75) is 24.9 Å². The molecule has 0 radical (unpaired) electrons. The van der Waals surface area contributed by atoms with E-state index >= 15 is 0 Å². The van der Waals surface area contributed by atoms with Crippen LogP contribution in [0.15, 0.2) is 35.7 Å². The molecule has 4 nitrogen and oxygen atoms in total. The summed E-state index contributed by atoms with van der Waals surface area (Å²) in [5, 5.41) is 9.82. The molecule has 23 heavy (non-hydrogen) atoms. The third kappa shape index (κ3) is 3.22. The minimum absolute atomic E-state index is 0.0185. The van der Waals surface area contributed by atoms with E-state index < -0.39 is 0 Å². The van der Waals surface area contributed by atoms with E-state index in [1.165, 1.54) is 17.8 Å². The average Bonchev–Trinajstić information content (AvgIpc) is 3.25. The minimum Gasteiger partial charge on any atom is -0.447 e. The van der Waals surface area contributed by atoms with Gasteiger partial charge in [-0.2, -0.15) is 0 Å². The predicted octanol–water partition coefficient (Wildman–Crippen LogP) is 3.67. The van der Waals surface area contributed by atoms with Crippen LogP contribution in [0.25, 0.3) is 0 Å². The molecule has 2 heterocycles. The van der Waals surface area contributed by atoms with E-state index in [4.69, 9.17) is 16.3 Å². The first-order valence-electron chi connectivity index (χ1n) is 7.73. The highest BCUT2D eigenvalue weighted by Crippen LogP contribution is 2.32. The van der Waals surface area contributed by atoms with Crippen molar-refractivity contribution in [3.05, 3.63) is 46.3 Å². The molecule has 3 atom stereocenters. The van der Waals surface area contributed by atoms with Crippen molar-refractivity contribution < 1.29 is 9.53 Å².